The number of benzene rings is 1. The molecule has 6 heteroatoms. The molecule has 1 fully saturated rings. The van der Waals surface area contributed by atoms with Crippen molar-refractivity contribution in [1.82, 2.24) is 15.1 Å². The summed E-state index contributed by atoms with van der Waals surface area (Å²) < 4.78 is 1.71. The van der Waals surface area contributed by atoms with Crippen molar-refractivity contribution in [3.05, 3.63) is 48.3 Å². The summed E-state index contributed by atoms with van der Waals surface area (Å²) in [5.74, 6) is -1.10. The number of nitrogens with one attached hydrogen (secondary N) is 1. The lowest BCUT2D eigenvalue weighted by Crippen LogP contribution is -2.47. The molecule has 0 radical (unpaired) electrons. The van der Waals surface area contributed by atoms with Crippen molar-refractivity contribution in [3.8, 4) is 5.69 Å². The van der Waals surface area contributed by atoms with E-state index >= 15 is 0 Å². The molecule has 1 heterocycles. The largest absolute Gasteiger partial charge is 0.481 e. The molecule has 0 spiro atoms. The molecule has 120 valence electrons. The molecule has 3 rings (SSSR count). The Kier molecular flexibility index (Phi) is 4.14. The fourth-order valence-electron chi connectivity index (χ4n) is 3.19. The number of hydrogen-bond acceptors (Lipinski definition) is 3. The average Bonchev–Trinajstić information content (AvgIpc) is 3.19. The summed E-state index contributed by atoms with van der Waals surface area (Å²) in [6.45, 7) is 0. The zero-order valence-electron chi connectivity index (χ0n) is 12.7. The maximum absolute atomic E-state index is 12.5. The van der Waals surface area contributed by atoms with Crippen molar-refractivity contribution >= 4 is 11.9 Å². The fraction of sp³-hybridized carbons (Fsp3) is 0.353. The molecular formula is C17H19N3O3. The summed E-state index contributed by atoms with van der Waals surface area (Å²) in [6, 6.07) is 8.93. The Morgan fingerprint density at radius 1 is 1.22 bits per heavy atom. The van der Waals surface area contributed by atoms with Gasteiger partial charge in [0.15, 0.2) is 0 Å². The number of carbonyl (C=O) groups is 2. The molecule has 1 amide bonds. The highest BCUT2D eigenvalue weighted by Gasteiger charge is 2.37. The quantitative estimate of drug-likeness (QED) is 0.887. The third-order valence-electron chi connectivity index (χ3n) is 4.33. The molecular weight excluding hydrogens is 294 g/mol. The molecule has 0 unspecified atom stereocenters. The van der Waals surface area contributed by atoms with E-state index in [4.69, 9.17) is 5.11 Å². The first-order chi connectivity index (χ1) is 11.1. The summed E-state index contributed by atoms with van der Waals surface area (Å²) in [5.41, 5.74) is 0.786. The summed E-state index contributed by atoms with van der Waals surface area (Å²) in [4.78, 5) is 23.6. The molecule has 2 N–H and O–H groups in total. The van der Waals surface area contributed by atoms with Crippen molar-refractivity contribution in [1.29, 1.82) is 0 Å². The SMILES string of the molecule is O=C(O)CC1(NC(=O)c2ccc(-n3cccn3)cc2)CCCC1. The molecule has 6 nitrogen and oxygen atoms in total. The van der Waals surface area contributed by atoms with Crippen molar-refractivity contribution in [3.63, 3.8) is 0 Å². The molecule has 23 heavy (non-hydrogen) atoms. The minimum absolute atomic E-state index is 0.0237. The third-order valence-corrected chi connectivity index (χ3v) is 4.33. The van der Waals surface area contributed by atoms with Gasteiger partial charge in [0.05, 0.1) is 17.6 Å². The van der Waals surface area contributed by atoms with Gasteiger partial charge in [-0.2, -0.15) is 5.10 Å². The van der Waals surface area contributed by atoms with Crippen molar-refractivity contribution in [2.24, 2.45) is 0 Å². The van der Waals surface area contributed by atoms with Crippen LogP contribution in [0.4, 0.5) is 0 Å². The number of aliphatic carboxylic acids is 1. The highest BCUT2D eigenvalue weighted by atomic mass is 16.4. The number of amides is 1. The topological polar surface area (TPSA) is 84.2 Å². The Labute approximate surface area is 134 Å². The van der Waals surface area contributed by atoms with Crippen molar-refractivity contribution in [2.75, 3.05) is 0 Å². The molecule has 1 aromatic carbocycles. The number of rotatable bonds is 5. The smallest absolute Gasteiger partial charge is 0.305 e. The fourth-order valence-corrected chi connectivity index (χ4v) is 3.19. The number of aromatic nitrogens is 2. The molecule has 0 bridgehead atoms. The van der Waals surface area contributed by atoms with Gasteiger partial charge in [-0.25, -0.2) is 4.68 Å². The van der Waals surface area contributed by atoms with E-state index in [2.05, 4.69) is 10.4 Å². The predicted octanol–water partition coefficient (Wildman–Crippen LogP) is 2.39. The molecule has 1 saturated carbocycles. The maximum atomic E-state index is 12.5. The highest BCUT2D eigenvalue weighted by Crippen LogP contribution is 2.33. The van der Waals surface area contributed by atoms with Crippen LogP contribution in [0.3, 0.4) is 0 Å². The zero-order chi connectivity index (χ0) is 16.3. The van der Waals surface area contributed by atoms with Crippen LogP contribution in [0.1, 0.15) is 42.5 Å². The maximum Gasteiger partial charge on any atom is 0.305 e. The minimum atomic E-state index is -0.874. The molecule has 1 aliphatic carbocycles. The molecule has 0 atom stereocenters. The van der Waals surface area contributed by atoms with Crippen LogP contribution >= 0.6 is 0 Å². The van der Waals surface area contributed by atoms with E-state index in [1.807, 2.05) is 24.4 Å². The Morgan fingerprint density at radius 3 is 2.48 bits per heavy atom. The Hall–Kier alpha value is -2.63. The second-order valence-corrected chi connectivity index (χ2v) is 6.01. The second kappa shape index (κ2) is 6.24. The first kappa shape index (κ1) is 15.3. The van der Waals surface area contributed by atoms with E-state index in [1.54, 1.807) is 23.0 Å². The molecule has 0 aliphatic heterocycles. The van der Waals surface area contributed by atoms with E-state index in [0.29, 0.717) is 5.56 Å². The van der Waals surface area contributed by atoms with Gasteiger partial charge < -0.3 is 10.4 Å². The average molecular weight is 313 g/mol. The van der Waals surface area contributed by atoms with Crippen LogP contribution in [-0.2, 0) is 4.79 Å². The van der Waals surface area contributed by atoms with Gasteiger partial charge in [-0.1, -0.05) is 12.8 Å². The van der Waals surface area contributed by atoms with E-state index in [9.17, 15) is 9.59 Å². The van der Waals surface area contributed by atoms with E-state index < -0.39 is 11.5 Å². The predicted molar refractivity (Wildman–Crippen MR) is 84.5 cm³/mol. The minimum Gasteiger partial charge on any atom is -0.481 e. The van der Waals surface area contributed by atoms with Gasteiger partial charge in [0.1, 0.15) is 0 Å². The standard InChI is InChI=1S/C17H19N3O3/c21-15(22)12-17(8-1-2-9-17)19-16(23)13-4-6-14(7-5-13)20-11-3-10-18-20/h3-7,10-11H,1-2,8-9,12H2,(H,19,23)(H,21,22). The Bertz CT molecular complexity index is 686. The molecule has 2 aromatic rings. The van der Waals surface area contributed by atoms with Crippen LogP contribution in [0.5, 0.6) is 0 Å². The Morgan fingerprint density at radius 2 is 1.91 bits per heavy atom. The number of hydrogen-bond donors (Lipinski definition) is 2. The van der Waals surface area contributed by atoms with Gasteiger partial charge in [-0.3, -0.25) is 9.59 Å². The van der Waals surface area contributed by atoms with Crippen LogP contribution in [-0.4, -0.2) is 32.3 Å². The van der Waals surface area contributed by atoms with E-state index in [0.717, 1.165) is 31.4 Å². The first-order valence-electron chi connectivity index (χ1n) is 7.72. The number of carbonyl (C=O) groups excluding carboxylic acids is 1. The summed E-state index contributed by atoms with van der Waals surface area (Å²) in [6.07, 6.45) is 6.83. The van der Waals surface area contributed by atoms with Gasteiger partial charge >= 0.3 is 5.97 Å². The monoisotopic (exact) mass is 313 g/mol. The van der Waals surface area contributed by atoms with E-state index in [1.165, 1.54) is 0 Å². The molecule has 1 aliphatic rings. The highest BCUT2D eigenvalue weighted by molar-refractivity contribution is 5.95. The number of carboxylic acid groups (broad SMARTS) is 1. The second-order valence-electron chi connectivity index (χ2n) is 6.01. The molecule has 0 saturated heterocycles. The van der Waals surface area contributed by atoms with Crippen LogP contribution in [0.15, 0.2) is 42.7 Å². The van der Waals surface area contributed by atoms with E-state index in [-0.39, 0.29) is 12.3 Å². The summed E-state index contributed by atoms with van der Waals surface area (Å²) >= 11 is 0. The van der Waals surface area contributed by atoms with Crippen LogP contribution in [0.25, 0.3) is 5.69 Å². The van der Waals surface area contributed by atoms with Gasteiger partial charge in [-0.15, -0.1) is 0 Å². The van der Waals surface area contributed by atoms with Crippen molar-refractivity contribution < 1.29 is 14.7 Å². The van der Waals surface area contributed by atoms with Gasteiger partial charge in [-0.05, 0) is 43.2 Å². The lowest BCUT2D eigenvalue weighted by Gasteiger charge is -2.28. The Balaban J connectivity index is 1.73. The van der Waals surface area contributed by atoms with Crippen molar-refractivity contribution in [2.45, 2.75) is 37.6 Å². The van der Waals surface area contributed by atoms with Gasteiger partial charge in [0, 0.05) is 18.0 Å². The third kappa shape index (κ3) is 3.41. The van der Waals surface area contributed by atoms with Crippen LogP contribution in [0, 0.1) is 0 Å². The number of nitrogens with zero attached hydrogens (tertiary/aromatic N) is 2. The molecule has 1 aromatic heterocycles. The summed E-state index contributed by atoms with van der Waals surface area (Å²) in [7, 11) is 0. The lowest BCUT2D eigenvalue weighted by molar-refractivity contribution is -0.138. The lowest BCUT2D eigenvalue weighted by atomic mass is 9.92. The van der Waals surface area contributed by atoms with Crippen LogP contribution in [0.2, 0.25) is 0 Å². The van der Waals surface area contributed by atoms with Gasteiger partial charge in [0.25, 0.3) is 5.91 Å². The normalized spacial score (nSPS) is 16.2. The number of carboxylic acids is 1. The zero-order valence-corrected chi connectivity index (χ0v) is 12.7. The van der Waals surface area contributed by atoms with Crippen LogP contribution < -0.4 is 5.32 Å². The first-order valence-corrected chi connectivity index (χ1v) is 7.72. The van der Waals surface area contributed by atoms with Gasteiger partial charge in [0.2, 0.25) is 0 Å². The summed E-state index contributed by atoms with van der Waals surface area (Å²) in [5, 5.41) is 16.2.